The zero-order chi connectivity index (χ0) is 9.42. The molecule has 2 aromatic rings. The van der Waals surface area contributed by atoms with E-state index in [1.54, 1.807) is 29.9 Å². The molecule has 0 aliphatic heterocycles. The summed E-state index contributed by atoms with van der Waals surface area (Å²) in [6.07, 6.45) is 0.746. The van der Waals surface area contributed by atoms with Gasteiger partial charge in [-0.2, -0.15) is 0 Å². The first-order valence-corrected chi connectivity index (χ1v) is 3.87. The third kappa shape index (κ3) is 0.989. The van der Waals surface area contributed by atoms with E-state index in [1.807, 2.05) is 0 Å². The fraction of sp³-hybridized carbons (Fsp3) is 0.111. The van der Waals surface area contributed by atoms with E-state index >= 15 is 0 Å². The summed E-state index contributed by atoms with van der Waals surface area (Å²) in [5.41, 5.74) is 1.02. The first-order chi connectivity index (χ1) is 6.24. The fourth-order valence-electron chi connectivity index (χ4n) is 1.48. The Morgan fingerprint density at radius 2 is 2.23 bits per heavy atom. The molecular formula is C9H8N2O2. The molecule has 0 fully saturated rings. The van der Waals surface area contributed by atoms with Gasteiger partial charge in [0.2, 0.25) is 0 Å². The number of nitrogens with zero attached hydrogens (tertiary/aromatic N) is 1. The number of carbonyl (C=O) groups is 1. The zero-order valence-corrected chi connectivity index (χ0v) is 7.07. The van der Waals surface area contributed by atoms with Crippen LogP contribution in [0.2, 0.25) is 0 Å². The second-order valence-corrected chi connectivity index (χ2v) is 2.86. The molecule has 0 saturated carbocycles. The van der Waals surface area contributed by atoms with Crippen molar-refractivity contribution in [3.05, 3.63) is 34.1 Å². The molecule has 0 unspecified atom stereocenters. The maximum atomic E-state index is 11.3. The molecule has 2 rings (SSSR count). The number of aromatic nitrogens is 2. The lowest BCUT2D eigenvalue weighted by Crippen LogP contribution is -2.01. The van der Waals surface area contributed by atoms with Gasteiger partial charge in [-0.3, -0.25) is 19.4 Å². The highest BCUT2D eigenvalue weighted by molar-refractivity contribution is 5.95. The Morgan fingerprint density at radius 3 is 2.92 bits per heavy atom. The van der Waals surface area contributed by atoms with Crippen molar-refractivity contribution in [2.75, 3.05) is 0 Å². The minimum atomic E-state index is -0.166. The predicted octanol–water partition coefficient (Wildman–Crippen LogP) is 0.679. The molecule has 0 atom stereocenters. The molecule has 0 radical (unpaired) electrons. The number of benzene rings is 1. The molecule has 1 aromatic carbocycles. The average molecular weight is 176 g/mol. The Morgan fingerprint density at radius 1 is 1.46 bits per heavy atom. The smallest absolute Gasteiger partial charge is 0.271 e. The molecule has 0 amide bonds. The number of H-pyrrole nitrogens is 1. The van der Waals surface area contributed by atoms with Crippen LogP contribution >= 0.6 is 0 Å². The molecule has 0 bridgehead atoms. The standard InChI is InChI=1S/C9H8N2O2/c1-11-8-6(5-12)3-2-4-7(8)9(13)10-11/h2-5H,1H3,(H,10,13). The van der Waals surface area contributed by atoms with Crippen LogP contribution < -0.4 is 5.56 Å². The highest BCUT2D eigenvalue weighted by atomic mass is 16.1. The van der Waals surface area contributed by atoms with Crippen LogP contribution in [0, 0.1) is 0 Å². The molecule has 4 nitrogen and oxygen atoms in total. The lowest BCUT2D eigenvalue weighted by Gasteiger charge is -1.96. The SMILES string of the molecule is Cn1[nH]c(=O)c2cccc(C=O)c21. The first-order valence-electron chi connectivity index (χ1n) is 3.87. The summed E-state index contributed by atoms with van der Waals surface area (Å²) in [4.78, 5) is 21.9. The summed E-state index contributed by atoms with van der Waals surface area (Å²) >= 11 is 0. The van der Waals surface area contributed by atoms with E-state index in [2.05, 4.69) is 5.10 Å². The van der Waals surface area contributed by atoms with E-state index in [9.17, 15) is 9.59 Å². The Balaban J connectivity index is 3.05. The van der Waals surface area contributed by atoms with Gasteiger partial charge in [-0.15, -0.1) is 0 Å². The molecule has 1 heterocycles. The number of fused-ring (bicyclic) bond motifs is 1. The number of aryl methyl sites for hydroxylation is 1. The van der Waals surface area contributed by atoms with Crippen LogP contribution in [0.4, 0.5) is 0 Å². The number of hydrogen-bond acceptors (Lipinski definition) is 2. The quantitative estimate of drug-likeness (QED) is 0.649. The summed E-state index contributed by atoms with van der Waals surface area (Å²) in [6.45, 7) is 0. The Kier molecular flexibility index (Phi) is 1.55. The number of carbonyl (C=O) groups excluding carboxylic acids is 1. The van der Waals surface area contributed by atoms with E-state index in [0.717, 1.165) is 6.29 Å². The van der Waals surface area contributed by atoms with Crippen molar-refractivity contribution in [2.24, 2.45) is 7.05 Å². The van der Waals surface area contributed by atoms with Crippen molar-refractivity contribution >= 4 is 17.2 Å². The van der Waals surface area contributed by atoms with Gasteiger partial charge in [0.05, 0.1) is 10.9 Å². The topological polar surface area (TPSA) is 54.9 Å². The first kappa shape index (κ1) is 7.79. The van der Waals surface area contributed by atoms with Gasteiger partial charge < -0.3 is 0 Å². The van der Waals surface area contributed by atoms with Gasteiger partial charge in [0.1, 0.15) is 0 Å². The van der Waals surface area contributed by atoms with Crippen molar-refractivity contribution < 1.29 is 4.79 Å². The normalized spacial score (nSPS) is 10.5. The minimum Gasteiger partial charge on any atom is -0.298 e. The summed E-state index contributed by atoms with van der Waals surface area (Å²) < 4.78 is 1.56. The van der Waals surface area contributed by atoms with Gasteiger partial charge >= 0.3 is 0 Å². The van der Waals surface area contributed by atoms with E-state index in [4.69, 9.17) is 0 Å². The number of hydrogen-bond donors (Lipinski definition) is 1. The van der Waals surface area contributed by atoms with Crippen LogP contribution in [0.25, 0.3) is 10.9 Å². The average Bonchev–Trinajstić information content (AvgIpc) is 2.43. The molecule has 13 heavy (non-hydrogen) atoms. The lowest BCUT2D eigenvalue weighted by molar-refractivity contribution is 0.112. The third-order valence-electron chi connectivity index (χ3n) is 2.04. The third-order valence-corrected chi connectivity index (χ3v) is 2.04. The van der Waals surface area contributed by atoms with Crippen LogP contribution in [0.1, 0.15) is 10.4 Å². The van der Waals surface area contributed by atoms with Gasteiger partial charge in [0.25, 0.3) is 5.56 Å². The van der Waals surface area contributed by atoms with Crippen LogP contribution in [-0.4, -0.2) is 16.1 Å². The van der Waals surface area contributed by atoms with Gasteiger partial charge in [-0.25, -0.2) is 0 Å². The van der Waals surface area contributed by atoms with E-state index < -0.39 is 0 Å². The zero-order valence-electron chi connectivity index (χ0n) is 7.07. The molecule has 0 saturated heterocycles. The van der Waals surface area contributed by atoms with Crippen molar-refractivity contribution in [3.63, 3.8) is 0 Å². The van der Waals surface area contributed by atoms with Crippen molar-refractivity contribution in [1.29, 1.82) is 0 Å². The molecule has 0 aliphatic carbocycles. The van der Waals surface area contributed by atoms with Crippen LogP contribution in [-0.2, 0) is 7.05 Å². The maximum absolute atomic E-state index is 11.3. The molecule has 66 valence electrons. The summed E-state index contributed by atoms with van der Waals surface area (Å²) in [6, 6.07) is 5.07. The summed E-state index contributed by atoms with van der Waals surface area (Å²) in [7, 11) is 1.71. The summed E-state index contributed by atoms with van der Waals surface area (Å²) in [5.74, 6) is 0. The van der Waals surface area contributed by atoms with Crippen molar-refractivity contribution in [2.45, 2.75) is 0 Å². The monoisotopic (exact) mass is 176 g/mol. The molecule has 1 N–H and O–H groups in total. The van der Waals surface area contributed by atoms with E-state index in [-0.39, 0.29) is 5.56 Å². The Bertz CT molecular complexity index is 522. The van der Waals surface area contributed by atoms with Crippen LogP contribution in [0.5, 0.6) is 0 Å². The predicted molar refractivity (Wildman–Crippen MR) is 48.9 cm³/mol. The Labute approximate surface area is 73.8 Å². The van der Waals surface area contributed by atoms with E-state index in [0.29, 0.717) is 16.5 Å². The number of nitrogens with one attached hydrogen (secondary N) is 1. The van der Waals surface area contributed by atoms with Crippen molar-refractivity contribution in [1.82, 2.24) is 9.78 Å². The second kappa shape index (κ2) is 2.58. The second-order valence-electron chi connectivity index (χ2n) is 2.86. The summed E-state index contributed by atoms with van der Waals surface area (Å²) in [5, 5.41) is 3.14. The number of rotatable bonds is 1. The molecular weight excluding hydrogens is 168 g/mol. The molecule has 4 heteroatoms. The highest BCUT2D eigenvalue weighted by Crippen LogP contribution is 2.12. The minimum absolute atomic E-state index is 0.166. The van der Waals surface area contributed by atoms with Crippen LogP contribution in [0.3, 0.4) is 0 Å². The van der Waals surface area contributed by atoms with Gasteiger partial charge in [0.15, 0.2) is 6.29 Å². The Hall–Kier alpha value is -1.84. The molecule has 1 aromatic heterocycles. The van der Waals surface area contributed by atoms with Gasteiger partial charge in [-0.1, -0.05) is 6.07 Å². The number of para-hydroxylation sites is 1. The highest BCUT2D eigenvalue weighted by Gasteiger charge is 2.06. The number of aldehydes is 1. The molecule has 0 spiro atoms. The van der Waals surface area contributed by atoms with E-state index in [1.165, 1.54) is 0 Å². The molecule has 0 aliphatic rings. The van der Waals surface area contributed by atoms with Crippen LogP contribution in [0.15, 0.2) is 23.0 Å². The number of aromatic amines is 1. The van der Waals surface area contributed by atoms with Gasteiger partial charge in [0, 0.05) is 12.6 Å². The maximum Gasteiger partial charge on any atom is 0.271 e. The van der Waals surface area contributed by atoms with Crippen molar-refractivity contribution in [3.8, 4) is 0 Å². The fourth-order valence-corrected chi connectivity index (χ4v) is 1.48. The van der Waals surface area contributed by atoms with Gasteiger partial charge in [-0.05, 0) is 12.1 Å². The lowest BCUT2D eigenvalue weighted by atomic mass is 10.1. The largest absolute Gasteiger partial charge is 0.298 e.